The van der Waals surface area contributed by atoms with Gasteiger partial charge in [0.1, 0.15) is 6.17 Å². The number of anilines is 1. The number of fused-ring (bicyclic) bond motifs is 12. The molecule has 0 radical (unpaired) electrons. The fraction of sp³-hybridized carbons (Fsp3) is 0.0635. The van der Waals surface area contributed by atoms with E-state index in [0.29, 0.717) is 0 Å². The van der Waals surface area contributed by atoms with E-state index >= 15 is 0 Å². The summed E-state index contributed by atoms with van der Waals surface area (Å²) >= 11 is 0. The third-order valence-corrected chi connectivity index (χ3v) is 14.7. The lowest BCUT2D eigenvalue weighted by atomic mass is 9.82. The normalized spacial score (nSPS) is 14.9. The van der Waals surface area contributed by atoms with E-state index in [2.05, 4.69) is 247 Å². The zero-order chi connectivity index (χ0) is 44.4. The smallest absolute Gasteiger partial charge is 0.145 e. The van der Waals surface area contributed by atoms with Crippen LogP contribution in [-0.4, -0.2) is 14.8 Å². The molecule has 0 saturated heterocycles. The minimum Gasteiger partial charge on any atom is -0.359 e. The zero-order valence-electron chi connectivity index (χ0n) is 37.2. The van der Waals surface area contributed by atoms with Crippen molar-refractivity contribution in [3.05, 3.63) is 246 Å². The molecule has 0 amide bonds. The van der Waals surface area contributed by atoms with Crippen molar-refractivity contribution < 1.29 is 0 Å². The first kappa shape index (κ1) is 37.9. The van der Waals surface area contributed by atoms with Crippen LogP contribution in [0.5, 0.6) is 0 Å². The maximum atomic E-state index is 5.58. The van der Waals surface area contributed by atoms with Gasteiger partial charge in [-0.2, -0.15) is 0 Å². The molecule has 1 aliphatic heterocycles. The molecule has 4 nitrogen and oxygen atoms in total. The highest BCUT2D eigenvalue weighted by Gasteiger charge is 2.36. The Hall–Kier alpha value is -8.47. The third kappa shape index (κ3) is 5.57. The summed E-state index contributed by atoms with van der Waals surface area (Å²) in [5, 5.41) is 11.3. The van der Waals surface area contributed by atoms with Crippen LogP contribution < -0.4 is 5.32 Å². The van der Waals surface area contributed by atoms with Gasteiger partial charge in [-0.1, -0.05) is 172 Å². The number of nitrogens with zero attached hydrogens (tertiary/aromatic N) is 3. The number of hydrogen-bond donors (Lipinski definition) is 1. The van der Waals surface area contributed by atoms with Gasteiger partial charge in [-0.05, 0) is 105 Å². The largest absolute Gasteiger partial charge is 0.359 e. The molecule has 0 bridgehead atoms. The highest BCUT2D eigenvalue weighted by molar-refractivity contribution is 6.21. The van der Waals surface area contributed by atoms with Gasteiger partial charge in [0.05, 0.1) is 33.5 Å². The first-order valence-electron chi connectivity index (χ1n) is 23.3. The summed E-state index contributed by atoms with van der Waals surface area (Å²) in [6.07, 6.45) is -0.263. The molecule has 0 fully saturated rings. The molecule has 1 N–H and O–H groups in total. The van der Waals surface area contributed by atoms with E-state index in [0.717, 1.165) is 39.5 Å². The van der Waals surface area contributed by atoms with Crippen LogP contribution in [0, 0.1) is 0 Å². The maximum absolute atomic E-state index is 5.58. The molecule has 67 heavy (non-hydrogen) atoms. The molecular weight excluding hydrogens is 813 g/mol. The van der Waals surface area contributed by atoms with E-state index < -0.39 is 0 Å². The Morgan fingerprint density at radius 1 is 0.418 bits per heavy atom. The number of aromatic nitrogens is 2. The molecule has 1 aliphatic carbocycles. The van der Waals surface area contributed by atoms with Crippen LogP contribution in [0.3, 0.4) is 0 Å². The predicted molar refractivity (Wildman–Crippen MR) is 281 cm³/mol. The van der Waals surface area contributed by atoms with E-state index in [4.69, 9.17) is 4.99 Å². The summed E-state index contributed by atoms with van der Waals surface area (Å²) in [5.41, 5.74) is 20.3. The summed E-state index contributed by atoms with van der Waals surface area (Å²) in [6, 6.07) is 80.1. The lowest BCUT2D eigenvalue weighted by Gasteiger charge is -2.28. The predicted octanol–water partition coefficient (Wildman–Crippen LogP) is 16.0. The Kier molecular flexibility index (Phi) is 8.06. The standard InChI is InChI=1S/C63H44N4/c1-63(2)53-23-11-8-19-47(53)51-38-42(30-35-54(51)63)62-64-60(50-34-29-39-15-6-7-18-46(39)61(50)65-62)40-27-32-44(33-28-40)66-55-24-12-9-20-48(55)52-37-41(31-36-57(52)66)45-22-14-26-58-59(45)49-21-10-13-25-56(49)67(58)43-16-4-3-5-17-43/h3-38,62,65H,1-2H3. The summed E-state index contributed by atoms with van der Waals surface area (Å²) in [5.74, 6) is 0. The molecule has 2 aliphatic rings. The SMILES string of the molecule is CC1(C)c2ccccc2-c2cc(C3N=C(c4ccc(-n5c6ccccc6c6cc(-c7cccc8c7c7ccccc7n8-c7ccccc7)ccc65)cc4)c4ccc5ccccc5c4N3)ccc21. The van der Waals surface area contributed by atoms with Crippen LogP contribution in [0.15, 0.2) is 223 Å². The first-order chi connectivity index (χ1) is 33.0. The zero-order valence-corrected chi connectivity index (χ0v) is 37.2. The highest BCUT2D eigenvalue weighted by atomic mass is 15.1. The molecule has 0 spiro atoms. The molecule has 1 unspecified atom stereocenters. The summed E-state index contributed by atoms with van der Waals surface area (Å²) in [4.78, 5) is 5.58. The van der Waals surface area contributed by atoms with Crippen molar-refractivity contribution in [3.8, 4) is 33.6 Å². The van der Waals surface area contributed by atoms with Gasteiger partial charge < -0.3 is 14.5 Å². The Labute approximate surface area is 388 Å². The second kappa shape index (κ2) is 14.3. The Morgan fingerprint density at radius 2 is 1.04 bits per heavy atom. The average Bonchev–Trinajstić information content (AvgIpc) is 3.99. The van der Waals surface area contributed by atoms with Gasteiger partial charge in [-0.15, -0.1) is 0 Å². The van der Waals surface area contributed by atoms with Crippen LogP contribution in [0.2, 0.25) is 0 Å². The molecule has 2 aromatic heterocycles. The lowest BCUT2D eigenvalue weighted by molar-refractivity contribution is 0.659. The molecule has 4 heteroatoms. The van der Waals surface area contributed by atoms with Crippen molar-refractivity contribution in [2.24, 2.45) is 4.99 Å². The van der Waals surface area contributed by atoms with E-state index in [1.165, 1.54) is 87.8 Å². The van der Waals surface area contributed by atoms with Gasteiger partial charge in [0.25, 0.3) is 0 Å². The molecule has 14 rings (SSSR count). The van der Waals surface area contributed by atoms with E-state index in [9.17, 15) is 0 Å². The molecule has 1 atom stereocenters. The van der Waals surface area contributed by atoms with Crippen molar-refractivity contribution in [1.82, 2.24) is 9.13 Å². The van der Waals surface area contributed by atoms with Crippen LogP contribution in [0.1, 0.15) is 47.8 Å². The topological polar surface area (TPSA) is 34.2 Å². The lowest BCUT2D eigenvalue weighted by Crippen LogP contribution is -2.21. The average molecular weight is 857 g/mol. The minimum absolute atomic E-state index is 0.0534. The summed E-state index contributed by atoms with van der Waals surface area (Å²) < 4.78 is 4.81. The minimum atomic E-state index is -0.263. The summed E-state index contributed by atoms with van der Waals surface area (Å²) in [6.45, 7) is 4.67. The second-order valence-corrected chi connectivity index (χ2v) is 18.7. The van der Waals surface area contributed by atoms with Gasteiger partial charge in [-0.3, -0.25) is 4.99 Å². The van der Waals surface area contributed by atoms with Crippen LogP contribution in [0.25, 0.3) is 88.0 Å². The Morgan fingerprint density at radius 3 is 1.90 bits per heavy atom. The van der Waals surface area contributed by atoms with Crippen LogP contribution in [-0.2, 0) is 5.41 Å². The molecule has 3 heterocycles. The first-order valence-corrected chi connectivity index (χ1v) is 23.3. The Bertz CT molecular complexity index is 4030. The monoisotopic (exact) mass is 856 g/mol. The van der Waals surface area contributed by atoms with Crippen molar-refractivity contribution in [2.45, 2.75) is 25.4 Å². The van der Waals surface area contributed by atoms with Crippen LogP contribution >= 0.6 is 0 Å². The van der Waals surface area contributed by atoms with Crippen molar-refractivity contribution in [3.63, 3.8) is 0 Å². The number of hydrogen-bond acceptors (Lipinski definition) is 2. The number of aliphatic imine (C=N–C) groups is 1. The quantitative estimate of drug-likeness (QED) is 0.184. The molecule has 316 valence electrons. The van der Waals surface area contributed by atoms with Gasteiger partial charge in [0.2, 0.25) is 0 Å². The van der Waals surface area contributed by atoms with Gasteiger partial charge in [0.15, 0.2) is 0 Å². The highest BCUT2D eigenvalue weighted by Crippen LogP contribution is 2.50. The van der Waals surface area contributed by atoms with Crippen molar-refractivity contribution in [1.29, 1.82) is 0 Å². The second-order valence-electron chi connectivity index (χ2n) is 18.7. The molecule has 12 aromatic rings. The van der Waals surface area contributed by atoms with Gasteiger partial charge in [-0.25, -0.2) is 0 Å². The number of para-hydroxylation sites is 3. The number of benzene rings is 10. The van der Waals surface area contributed by atoms with Crippen LogP contribution in [0.4, 0.5) is 5.69 Å². The number of rotatable bonds is 5. The summed E-state index contributed by atoms with van der Waals surface area (Å²) in [7, 11) is 0. The molecular formula is C63H44N4. The maximum Gasteiger partial charge on any atom is 0.145 e. The number of nitrogens with one attached hydrogen (secondary N) is 1. The fourth-order valence-electron chi connectivity index (χ4n) is 11.6. The molecule has 0 saturated carbocycles. The molecule has 10 aromatic carbocycles. The third-order valence-electron chi connectivity index (χ3n) is 14.7. The van der Waals surface area contributed by atoms with E-state index in [-0.39, 0.29) is 11.6 Å². The fourth-order valence-corrected chi connectivity index (χ4v) is 11.6. The van der Waals surface area contributed by atoms with E-state index in [1.54, 1.807) is 0 Å². The van der Waals surface area contributed by atoms with E-state index in [1.807, 2.05) is 0 Å². The Balaban J connectivity index is 0.889. The van der Waals surface area contributed by atoms with Gasteiger partial charge in [0, 0.05) is 54.8 Å². The van der Waals surface area contributed by atoms with Crippen molar-refractivity contribution in [2.75, 3.05) is 5.32 Å². The van der Waals surface area contributed by atoms with Gasteiger partial charge >= 0.3 is 0 Å². The van der Waals surface area contributed by atoms with Crippen molar-refractivity contribution >= 4 is 65.8 Å².